The second-order valence-corrected chi connectivity index (χ2v) is 6.39. The molecule has 0 radical (unpaired) electrons. The first kappa shape index (κ1) is 28.6. The summed E-state index contributed by atoms with van der Waals surface area (Å²) in [7, 11) is 0. The molecule has 0 bridgehead atoms. The molecule has 2 aromatic carbocycles. The third-order valence-corrected chi connectivity index (χ3v) is 4.40. The van der Waals surface area contributed by atoms with Crippen LogP contribution in [-0.2, 0) is 9.59 Å². The average Bonchev–Trinajstić information content (AvgIpc) is 2.66. The van der Waals surface area contributed by atoms with Gasteiger partial charge in [0.25, 0.3) is 0 Å². The summed E-state index contributed by atoms with van der Waals surface area (Å²) < 4.78 is 0. The Bertz CT molecular complexity index is 876. The SMILES string of the molecule is Cc1ccc(C(=O)C(O)(C(=O)[O-])C(O)(C(=O)[O-])C(=O)c2ccc(C)cc2)cc1.[Na+].[Na+]. The van der Waals surface area contributed by atoms with E-state index in [-0.39, 0.29) is 59.1 Å². The number of aryl methyl sites for hydroxylation is 2. The number of rotatable bonds is 7. The third kappa shape index (κ3) is 4.92. The van der Waals surface area contributed by atoms with Gasteiger partial charge in [-0.3, -0.25) is 9.59 Å². The zero-order valence-corrected chi connectivity index (χ0v) is 21.0. The van der Waals surface area contributed by atoms with Crippen LogP contribution in [0, 0.1) is 13.8 Å². The van der Waals surface area contributed by atoms with Gasteiger partial charge < -0.3 is 30.0 Å². The molecule has 0 aliphatic heterocycles. The number of aliphatic carboxylic acids is 2. The van der Waals surface area contributed by atoms with Gasteiger partial charge in [0.15, 0.2) is 0 Å². The molecule has 0 aromatic heterocycles. The third-order valence-electron chi connectivity index (χ3n) is 4.40. The summed E-state index contributed by atoms with van der Waals surface area (Å²) in [6.07, 6.45) is 0. The van der Waals surface area contributed by atoms with Gasteiger partial charge in [-0.1, -0.05) is 59.7 Å². The number of benzene rings is 2. The van der Waals surface area contributed by atoms with Crippen LogP contribution in [0.1, 0.15) is 31.8 Å². The number of carboxylic acids is 2. The molecule has 10 heteroatoms. The number of carboxylic acid groups (broad SMARTS) is 2. The molecule has 2 rings (SSSR count). The van der Waals surface area contributed by atoms with Crippen molar-refractivity contribution in [2.45, 2.75) is 25.0 Å². The molecule has 2 unspecified atom stereocenters. The van der Waals surface area contributed by atoms with E-state index >= 15 is 0 Å². The number of hydrogen-bond donors (Lipinski definition) is 2. The van der Waals surface area contributed by atoms with Gasteiger partial charge in [-0.05, 0) is 13.8 Å². The minimum absolute atomic E-state index is 0. The van der Waals surface area contributed by atoms with Crippen LogP contribution in [0.25, 0.3) is 0 Å². The Hall–Kier alpha value is -1.36. The van der Waals surface area contributed by atoms with Crippen molar-refractivity contribution >= 4 is 23.5 Å². The topological polar surface area (TPSA) is 155 Å². The predicted molar refractivity (Wildman–Crippen MR) is 90.9 cm³/mol. The van der Waals surface area contributed by atoms with Crippen molar-refractivity contribution in [2.75, 3.05) is 0 Å². The molecule has 0 amide bonds. The van der Waals surface area contributed by atoms with Crippen LogP contribution in [0.2, 0.25) is 0 Å². The Morgan fingerprint density at radius 3 is 1.07 bits per heavy atom. The Kier molecular flexibility index (Phi) is 10.3. The summed E-state index contributed by atoms with van der Waals surface area (Å²) in [4.78, 5) is 48.7. The maximum absolute atomic E-state index is 12.7. The number of Topliss-reactive ketones (excluding diaryl/α,β-unsaturated/α-hetero) is 2. The Labute approximate surface area is 216 Å². The summed E-state index contributed by atoms with van der Waals surface area (Å²) in [6.45, 7) is 3.33. The van der Waals surface area contributed by atoms with Gasteiger partial charge in [-0.25, -0.2) is 0 Å². The molecule has 2 N–H and O–H groups in total. The molecule has 30 heavy (non-hydrogen) atoms. The van der Waals surface area contributed by atoms with E-state index in [0.29, 0.717) is 11.1 Å². The van der Waals surface area contributed by atoms with E-state index in [0.717, 1.165) is 24.3 Å². The molecule has 0 aliphatic carbocycles. The Morgan fingerprint density at radius 1 is 0.633 bits per heavy atom. The van der Waals surface area contributed by atoms with E-state index in [2.05, 4.69) is 0 Å². The molecule has 2 aromatic rings. The van der Waals surface area contributed by atoms with Crippen molar-refractivity contribution in [3.63, 3.8) is 0 Å². The van der Waals surface area contributed by atoms with Crippen molar-refractivity contribution in [2.24, 2.45) is 0 Å². The first-order valence-corrected chi connectivity index (χ1v) is 8.06. The molecule has 0 spiro atoms. The van der Waals surface area contributed by atoms with Crippen LogP contribution in [-0.4, -0.2) is 44.9 Å². The van der Waals surface area contributed by atoms with Crippen LogP contribution in [0.15, 0.2) is 48.5 Å². The molecular weight excluding hydrogens is 414 g/mol. The smallest absolute Gasteiger partial charge is 0.546 e. The minimum atomic E-state index is -4.14. The maximum Gasteiger partial charge on any atom is 1.00 e. The Morgan fingerprint density at radius 2 is 0.867 bits per heavy atom. The van der Waals surface area contributed by atoms with Gasteiger partial charge in [0.1, 0.15) is 0 Å². The molecule has 2 atom stereocenters. The van der Waals surface area contributed by atoms with Gasteiger partial charge >= 0.3 is 59.1 Å². The van der Waals surface area contributed by atoms with E-state index in [9.17, 15) is 39.6 Å². The Balaban J connectivity index is 0.00000420. The van der Waals surface area contributed by atoms with E-state index in [1.807, 2.05) is 0 Å². The molecule has 8 nitrogen and oxygen atoms in total. The zero-order valence-electron chi connectivity index (χ0n) is 17.0. The van der Waals surface area contributed by atoms with Gasteiger partial charge in [0.05, 0.1) is 11.9 Å². The standard InChI is InChI=1S/C20H18O8.2Na/c1-11-3-7-13(8-4-11)15(21)19(27,17(23)24)20(28,18(25)26)16(22)14-9-5-12(2)6-10-14;;/h3-10,27-28H,1-2H3,(H,23,24)(H,25,26);;/q;2*+1/p-2. The minimum Gasteiger partial charge on any atom is -0.546 e. The number of carbonyl (C=O) groups is 4. The second kappa shape index (κ2) is 10.8. The molecule has 146 valence electrons. The molecule has 0 saturated heterocycles. The van der Waals surface area contributed by atoms with Crippen LogP contribution in [0.4, 0.5) is 0 Å². The van der Waals surface area contributed by atoms with Crippen LogP contribution in [0.3, 0.4) is 0 Å². The van der Waals surface area contributed by atoms with Crippen LogP contribution < -0.4 is 69.3 Å². The maximum atomic E-state index is 12.7. The fraction of sp³-hybridized carbons (Fsp3) is 0.200. The summed E-state index contributed by atoms with van der Waals surface area (Å²) in [6, 6.07) is 10.0. The van der Waals surface area contributed by atoms with Crippen LogP contribution in [0.5, 0.6) is 0 Å². The quantitative estimate of drug-likeness (QED) is 0.249. The van der Waals surface area contributed by atoms with Crippen molar-refractivity contribution in [3.8, 4) is 0 Å². The number of aliphatic hydroxyl groups is 2. The molecular formula is C20H16Na2O8. The van der Waals surface area contributed by atoms with Crippen LogP contribution >= 0.6 is 0 Å². The van der Waals surface area contributed by atoms with Crippen molar-refractivity contribution in [3.05, 3.63) is 70.8 Å². The first-order chi connectivity index (χ1) is 13.0. The summed E-state index contributed by atoms with van der Waals surface area (Å²) in [5.74, 6) is -8.80. The summed E-state index contributed by atoms with van der Waals surface area (Å²) >= 11 is 0. The zero-order chi connectivity index (χ0) is 21.3. The molecule has 0 heterocycles. The molecule has 0 saturated carbocycles. The summed E-state index contributed by atoms with van der Waals surface area (Å²) in [5.41, 5.74) is -7.81. The molecule has 0 fully saturated rings. The molecule has 0 aliphatic rings. The first-order valence-electron chi connectivity index (χ1n) is 8.06. The van der Waals surface area contributed by atoms with Crippen molar-refractivity contribution < 1.29 is 98.7 Å². The van der Waals surface area contributed by atoms with Crippen molar-refractivity contribution in [1.29, 1.82) is 0 Å². The fourth-order valence-corrected chi connectivity index (χ4v) is 2.64. The predicted octanol–water partition coefficient (Wildman–Crippen LogP) is -7.66. The largest absolute Gasteiger partial charge is 1.00 e. The van der Waals surface area contributed by atoms with Gasteiger partial charge in [-0.2, -0.15) is 0 Å². The normalized spacial score (nSPS) is 14.1. The van der Waals surface area contributed by atoms with E-state index in [1.54, 1.807) is 13.8 Å². The fourth-order valence-electron chi connectivity index (χ4n) is 2.64. The second-order valence-electron chi connectivity index (χ2n) is 6.39. The van der Waals surface area contributed by atoms with Gasteiger partial charge in [-0.15, -0.1) is 0 Å². The van der Waals surface area contributed by atoms with E-state index < -0.39 is 45.8 Å². The average molecular weight is 430 g/mol. The van der Waals surface area contributed by atoms with Gasteiger partial charge in [0.2, 0.25) is 22.8 Å². The number of ketones is 2. The summed E-state index contributed by atoms with van der Waals surface area (Å²) in [5, 5.41) is 44.4. The van der Waals surface area contributed by atoms with E-state index in [4.69, 9.17) is 0 Å². The number of hydrogen-bond acceptors (Lipinski definition) is 8. The monoisotopic (exact) mass is 430 g/mol. The van der Waals surface area contributed by atoms with E-state index in [1.165, 1.54) is 24.3 Å². The van der Waals surface area contributed by atoms with Gasteiger partial charge in [0, 0.05) is 11.1 Å². The number of carbonyl (C=O) groups excluding carboxylic acids is 4. The van der Waals surface area contributed by atoms with Crippen molar-refractivity contribution in [1.82, 2.24) is 0 Å².